The normalized spacial score (nSPS) is 27.8. The van der Waals surface area contributed by atoms with Crippen LogP contribution in [0.1, 0.15) is 58.3 Å². The summed E-state index contributed by atoms with van der Waals surface area (Å²) >= 11 is 1.89. The van der Waals surface area contributed by atoms with E-state index in [2.05, 4.69) is 48.4 Å². The van der Waals surface area contributed by atoms with Gasteiger partial charge in [0.2, 0.25) is 5.91 Å². The van der Waals surface area contributed by atoms with Gasteiger partial charge in [0.05, 0.1) is 17.0 Å². The lowest BCUT2D eigenvalue weighted by Gasteiger charge is -2.41. The van der Waals surface area contributed by atoms with Crippen molar-refractivity contribution in [3.8, 4) is 0 Å². The zero-order valence-electron chi connectivity index (χ0n) is 19.1. The first-order chi connectivity index (χ1) is 14.5. The topological polar surface area (TPSA) is 102 Å². The standard InChI is InChI=1S/C23H37N3O4S/c1-14-21(29)17(22(30)24-13-20(27)28)12-16(25-14)11-15-7-9-26(10-8-15)19-6-5-18(31-19)23(2,3)4/h5-6,14-17,21,25,29H,7-13H2,1-4H3,(H,24,30)(H,27,28). The average Bonchev–Trinajstić information content (AvgIpc) is 3.20. The van der Waals surface area contributed by atoms with E-state index in [0.717, 1.165) is 32.4 Å². The van der Waals surface area contributed by atoms with Crippen molar-refractivity contribution in [1.82, 2.24) is 10.6 Å². The summed E-state index contributed by atoms with van der Waals surface area (Å²) in [5.41, 5.74) is 0.183. The predicted molar refractivity (Wildman–Crippen MR) is 124 cm³/mol. The number of aliphatic hydroxyl groups is 1. The largest absolute Gasteiger partial charge is 0.480 e. The van der Waals surface area contributed by atoms with Crippen molar-refractivity contribution in [2.75, 3.05) is 24.5 Å². The Balaban J connectivity index is 1.52. The van der Waals surface area contributed by atoms with E-state index in [1.54, 1.807) is 0 Å². The molecule has 1 aromatic heterocycles. The van der Waals surface area contributed by atoms with Crippen LogP contribution in [-0.2, 0) is 15.0 Å². The number of hydrogen-bond donors (Lipinski definition) is 4. The van der Waals surface area contributed by atoms with Gasteiger partial charge in [0.1, 0.15) is 6.54 Å². The number of aliphatic hydroxyl groups excluding tert-OH is 1. The molecule has 0 spiro atoms. The molecule has 1 aromatic rings. The smallest absolute Gasteiger partial charge is 0.322 e. The van der Waals surface area contributed by atoms with Crippen LogP contribution in [-0.4, -0.2) is 59.9 Å². The predicted octanol–water partition coefficient (Wildman–Crippen LogP) is 2.58. The number of carbonyl (C=O) groups is 2. The molecular formula is C23H37N3O4S. The molecule has 3 rings (SSSR count). The minimum absolute atomic E-state index is 0.157. The van der Waals surface area contributed by atoms with Crippen LogP contribution in [0.2, 0.25) is 0 Å². The van der Waals surface area contributed by atoms with Crippen LogP contribution in [0.4, 0.5) is 5.00 Å². The summed E-state index contributed by atoms with van der Waals surface area (Å²) in [5.74, 6) is -1.42. The van der Waals surface area contributed by atoms with Gasteiger partial charge in [0, 0.05) is 30.1 Å². The van der Waals surface area contributed by atoms with Crippen molar-refractivity contribution < 1.29 is 19.8 Å². The van der Waals surface area contributed by atoms with E-state index >= 15 is 0 Å². The molecule has 0 saturated carbocycles. The van der Waals surface area contributed by atoms with Gasteiger partial charge in [-0.25, -0.2) is 0 Å². The monoisotopic (exact) mass is 451 g/mol. The third kappa shape index (κ3) is 6.20. The quantitative estimate of drug-likeness (QED) is 0.530. The molecule has 4 atom stereocenters. The lowest BCUT2D eigenvalue weighted by atomic mass is 9.80. The third-order valence-electron chi connectivity index (χ3n) is 6.59. The Morgan fingerprint density at radius 1 is 1.26 bits per heavy atom. The summed E-state index contributed by atoms with van der Waals surface area (Å²) in [5, 5.41) is 26.5. The Labute approximate surface area is 189 Å². The molecule has 2 fully saturated rings. The van der Waals surface area contributed by atoms with E-state index in [0.29, 0.717) is 12.3 Å². The van der Waals surface area contributed by atoms with Crippen LogP contribution in [0.25, 0.3) is 0 Å². The Hall–Kier alpha value is -1.64. The molecule has 174 valence electrons. The second-order valence-electron chi connectivity index (χ2n) is 10.2. The summed E-state index contributed by atoms with van der Waals surface area (Å²) in [6.07, 6.45) is 2.95. The van der Waals surface area contributed by atoms with E-state index in [-0.39, 0.29) is 23.4 Å². The number of carboxylic acids is 1. The zero-order chi connectivity index (χ0) is 22.8. The van der Waals surface area contributed by atoms with Crippen molar-refractivity contribution >= 4 is 28.2 Å². The summed E-state index contributed by atoms with van der Waals surface area (Å²) in [6, 6.07) is 4.46. The van der Waals surface area contributed by atoms with Gasteiger partial charge in [-0.05, 0) is 56.1 Å². The number of thiophene rings is 1. The van der Waals surface area contributed by atoms with Gasteiger partial charge in [0.25, 0.3) is 0 Å². The molecule has 0 radical (unpaired) electrons. The van der Waals surface area contributed by atoms with Crippen molar-refractivity contribution in [2.45, 2.75) is 77.0 Å². The fourth-order valence-electron chi connectivity index (χ4n) is 4.75. The average molecular weight is 452 g/mol. The van der Waals surface area contributed by atoms with Crippen LogP contribution in [0, 0.1) is 11.8 Å². The number of hydrogen-bond acceptors (Lipinski definition) is 6. The van der Waals surface area contributed by atoms with Crippen molar-refractivity contribution in [3.63, 3.8) is 0 Å². The molecule has 1 amide bonds. The molecule has 8 heteroatoms. The molecule has 2 saturated heterocycles. The molecule has 3 heterocycles. The van der Waals surface area contributed by atoms with E-state index in [1.165, 1.54) is 9.88 Å². The molecular weight excluding hydrogens is 414 g/mol. The van der Waals surface area contributed by atoms with Crippen molar-refractivity contribution in [2.24, 2.45) is 11.8 Å². The molecule has 4 unspecified atom stereocenters. The highest BCUT2D eigenvalue weighted by Crippen LogP contribution is 2.37. The minimum atomic E-state index is -1.08. The van der Waals surface area contributed by atoms with E-state index < -0.39 is 24.5 Å². The number of carbonyl (C=O) groups excluding carboxylic acids is 1. The Morgan fingerprint density at radius 3 is 2.52 bits per heavy atom. The molecule has 2 aliphatic heterocycles. The number of piperidine rings is 2. The second kappa shape index (κ2) is 9.88. The first kappa shape index (κ1) is 24.0. The molecule has 0 aliphatic carbocycles. The van der Waals surface area contributed by atoms with Gasteiger partial charge in [-0.3, -0.25) is 9.59 Å². The van der Waals surface area contributed by atoms with Gasteiger partial charge < -0.3 is 25.7 Å². The fraction of sp³-hybridized carbons (Fsp3) is 0.739. The maximum Gasteiger partial charge on any atom is 0.322 e. The fourth-order valence-corrected chi connectivity index (χ4v) is 5.86. The lowest BCUT2D eigenvalue weighted by Crippen LogP contribution is -2.57. The summed E-state index contributed by atoms with van der Waals surface area (Å²) < 4.78 is 0. The molecule has 0 bridgehead atoms. The maximum absolute atomic E-state index is 12.4. The molecule has 31 heavy (non-hydrogen) atoms. The van der Waals surface area contributed by atoms with Gasteiger partial charge in [-0.15, -0.1) is 11.3 Å². The Kier molecular flexibility index (Phi) is 7.65. The van der Waals surface area contributed by atoms with Crippen LogP contribution in [0.15, 0.2) is 12.1 Å². The lowest BCUT2D eigenvalue weighted by molar-refractivity contribution is -0.140. The highest BCUT2D eigenvalue weighted by Gasteiger charge is 2.39. The van der Waals surface area contributed by atoms with E-state index in [9.17, 15) is 14.7 Å². The van der Waals surface area contributed by atoms with E-state index in [1.807, 2.05) is 18.3 Å². The summed E-state index contributed by atoms with van der Waals surface area (Å²) in [6.45, 7) is 10.3. The molecule has 2 aliphatic rings. The number of nitrogens with zero attached hydrogens (tertiary/aromatic N) is 1. The number of rotatable bonds is 6. The van der Waals surface area contributed by atoms with Crippen LogP contribution in [0.5, 0.6) is 0 Å². The third-order valence-corrected chi connectivity index (χ3v) is 8.16. The van der Waals surface area contributed by atoms with Gasteiger partial charge in [-0.2, -0.15) is 0 Å². The number of amides is 1. The van der Waals surface area contributed by atoms with Crippen LogP contribution in [0.3, 0.4) is 0 Å². The number of aliphatic carboxylic acids is 1. The van der Waals surface area contributed by atoms with Crippen molar-refractivity contribution in [3.05, 3.63) is 17.0 Å². The Bertz CT molecular complexity index is 767. The first-order valence-electron chi connectivity index (χ1n) is 11.3. The Morgan fingerprint density at radius 2 is 1.94 bits per heavy atom. The molecule has 4 N–H and O–H groups in total. The minimum Gasteiger partial charge on any atom is -0.480 e. The van der Waals surface area contributed by atoms with E-state index in [4.69, 9.17) is 5.11 Å². The second-order valence-corrected chi connectivity index (χ2v) is 11.2. The van der Waals surface area contributed by atoms with Crippen molar-refractivity contribution in [1.29, 1.82) is 0 Å². The van der Waals surface area contributed by atoms with Crippen LogP contribution < -0.4 is 15.5 Å². The number of carboxylic acid groups (broad SMARTS) is 1. The highest BCUT2D eigenvalue weighted by molar-refractivity contribution is 7.16. The number of anilines is 1. The first-order valence-corrected chi connectivity index (χ1v) is 12.1. The SMILES string of the molecule is CC1NC(CC2CCN(c3ccc(C(C)(C)C)s3)CC2)CC(C(=O)NCC(=O)O)C1O. The molecule has 0 aromatic carbocycles. The highest BCUT2D eigenvalue weighted by atomic mass is 32.1. The van der Waals surface area contributed by atoms with Crippen LogP contribution >= 0.6 is 11.3 Å². The van der Waals surface area contributed by atoms with Gasteiger partial charge >= 0.3 is 5.97 Å². The zero-order valence-corrected chi connectivity index (χ0v) is 19.9. The summed E-state index contributed by atoms with van der Waals surface area (Å²) in [4.78, 5) is 27.0. The molecule has 7 nitrogen and oxygen atoms in total. The summed E-state index contributed by atoms with van der Waals surface area (Å²) in [7, 11) is 0. The van der Waals surface area contributed by atoms with Gasteiger partial charge in [0.15, 0.2) is 0 Å². The number of nitrogens with one attached hydrogen (secondary N) is 2. The maximum atomic E-state index is 12.4. The van der Waals surface area contributed by atoms with Gasteiger partial charge in [-0.1, -0.05) is 20.8 Å².